The molecule has 2 rings (SSSR count). The summed E-state index contributed by atoms with van der Waals surface area (Å²) in [5, 5.41) is 0. The summed E-state index contributed by atoms with van der Waals surface area (Å²) < 4.78 is 16.0. The second-order valence-electron chi connectivity index (χ2n) is 4.31. The van der Waals surface area contributed by atoms with Gasteiger partial charge in [-0.05, 0) is 12.0 Å². The molecular weight excluding hydrogens is 196 g/mol. The van der Waals surface area contributed by atoms with Crippen molar-refractivity contribution in [3.8, 4) is 0 Å². The maximum Gasteiger partial charge on any atom is 0.306 e. The molecule has 0 aromatic rings. The molecule has 0 N–H and O–H groups in total. The largest absolute Gasteiger partial charge is 0.453 e. The molecule has 84 valence electrons. The van der Waals surface area contributed by atoms with E-state index in [0.29, 0.717) is 18.9 Å². The number of fused-ring (bicyclic) bond motifs is 2. The van der Waals surface area contributed by atoms with Crippen molar-refractivity contribution >= 4 is 5.97 Å². The minimum atomic E-state index is -0.406. The van der Waals surface area contributed by atoms with Crippen LogP contribution >= 0.6 is 0 Å². The first-order valence-electron chi connectivity index (χ1n) is 5.30. The Morgan fingerprint density at radius 2 is 2.33 bits per heavy atom. The Balaban J connectivity index is 1.87. The van der Waals surface area contributed by atoms with Crippen LogP contribution in [0.4, 0.5) is 0 Å². The maximum absolute atomic E-state index is 11.4. The molecule has 3 atom stereocenters. The van der Waals surface area contributed by atoms with E-state index in [0.717, 1.165) is 0 Å². The zero-order valence-corrected chi connectivity index (χ0v) is 9.01. The van der Waals surface area contributed by atoms with Crippen molar-refractivity contribution in [1.29, 1.82) is 0 Å². The first kappa shape index (κ1) is 10.6. The molecule has 2 heterocycles. The molecular formula is C11H16O4. The van der Waals surface area contributed by atoms with Crippen molar-refractivity contribution in [2.45, 2.75) is 38.8 Å². The van der Waals surface area contributed by atoms with Gasteiger partial charge < -0.3 is 14.2 Å². The Bertz CT molecular complexity index is 272. The lowest BCUT2D eigenvalue weighted by Crippen LogP contribution is -2.33. The van der Waals surface area contributed by atoms with Gasteiger partial charge in [0.25, 0.3) is 0 Å². The van der Waals surface area contributed by atoms with Crippen molar-refractivity contribution in [3.63, 3.8) is 0 Å². The fraction of sp³-hybridized carbons (Fsp3) is 0.727. The minimum Gasteiger partial charge on any atom is -0.453 e. The highest BCUT2D eigenvalue weighted by atomic mass is 16.7. The Morgan fingerprint density at radius 3 is 3.07 bits per heavy atom. The molecule has 0 saturated carbocycles. The molecule has 4 nitrogen and oxygen atoms in total. The molecule has 0 amide bonds. The smallest absolute Gasteiger partial charge is 0.306 e. The fourth-order valence-electron chi connectivity index (χ4n) is 1.67. The molecule has 0 unspecified atom stereocenters. The van der Waals surface area contributed by atoms with Gasteiger partial charge >= 0.3 is 5.97 Å². The van der Waals surface area contributed by atoms with E-state index in [1.807, 2.05) is 26.0 Å². The van der Waals surface area contributed by atoms with Gasteiger partial charge in [0.2, 0.25) is 0 Å². The first-order chi connectivity index (χ1) is 7.15. The Labute approximate surface area is 89.2 Å². The second-order valence-corrected chi connectivity index (χ2v) is 4.31. The van der Waals surface area contributed by atoms with Crippen LogP contribution in [0.25, 0.3) is 0 Å². The third-order valence-corrected chi connectivity index (χ3v) is 2.36. The summed E-state index contributed by atoms with van der Waals surface area (Å²) in [7, 11) is 0. The maximum atomic E-state index is 11.4. The molecule has 2 aliphatic rings. The number of hydrogen-bond acceptors (Lipinski definition) is 4. The van der Waals surface area contributed by atoms with Gasteiger partial charge in [0.1, 0.15) is 6.10 Å². The molecule has 0 aromatic heterocycles. The van der Waals surface area contributed by atoms with E-state index in [4.69, 9.17) is 14.2 Å². The molecule has 0 aliphatic carbocycles. The van der Waals surface area contributed by atoms with Crippen LogP contribution < -0.4 is 0 Å². The van der Waals surface area contributed by atoms with Gasteiger partial charge in [-0.1, -0.05) is 19.9 Å². The van der Waals surface area contributed by atoms with E-state index in [-0.39, 0.29) is 18.2 Å². The minimum absolute atomic E-state index is 0.0371. The van der Waals surface area contributed by atoms with Gasteiger partial charge in [-0.25, -0.2) is 0 Å². The normalized spacial score (nSPS) is 33.4. The Hall–Kier alpha value is -0.870. The molecule has 0 aromatic carbocycles. The quantitative estimate of drug-likeness (QED) is 0.522. The number of rotatable bonds is 3. The second kappa shape index (κ2) is 4.33. The number of hydrogen-bond donors (Lipinski definition) is 0. The van der Waals surface area contributed by atoms with Crippen molar-refractivity contribution in [3.05, 3.63) is 12.2 Å². The predicted molar refractivity (Wildman–Crippen MR) is 53.1 cm³/mol. The highest BCUT2D eigenvalue weighted by Gasteiger charge is 2.36. The van der Waals surface area contributed by atoms with Gasteiger partial charge in [-0.2, -0.15) is 0 Å². The van der Waals surface area contributed by atoms with Gasteiger partial charge in [-0.3, -0.25) is 4.79 Å². The third kappa shape index (κ3) is 2.58. The zero-order chi connectivity index (χ0) is 10.8. The van der Waals surface area contributed by atoms with E-state index >= 15 is 0 Å². The Morgan fingerprint density at radius 1 is 1.53 bits per heavy atom. The van der Waals surface area contributed by atoms with Gasteiger partial charge in [0, 0.05) is 6.42 Å². The summed E-state index contributed by atoms with van der Waals surface area (Å²) in [6, 6.07) is 0. The summed E-state index contributed by atoms with van der Waals surface area (Å²) in [5.74, 6) is 0.112. The van der Waals surface area contributed by atoms with E-state index in [1.54, 1.807) is 0 Å². The van der Waals surface area contributed by atoms with Crippen LogP contribution in [-0.4, -0.2) is 31.1 Å². The fourth-order valence-corrected chi connectivity index (χ4v) is 1.67. The molecule has 1 fully saturated rings. The lowest BCUT2D eigenvalue weighted by molar-refractivity contribution is -0.170. The molecule has 15 heavy (non-hydrogen) atoms. The highest BCUT2D eigenvalue weighted by Crippen LogP contribution is 2.24. The average Bonchev–Trinajstić information content (AvgIpc) is 2.52. The number of ether oxygens (including phenoxy) is 3. The molecule has 4 heteroatoms. The average molecular weight is 212 g/mol. The lowest BCUT2D eigenvalue weighted by atomic mass is 10.1. The topological polar surface area (TPSA) is 44.8 Å². The zero-order valence-electron chi connectivity index (χ0n) is 9.01. The van der Waals surface area contributed by atoms with Crippen molar-refractivity contribution in [2.24, 2.45) is 5.92 Å². The molecule has 2 aliphatic heterocycles. The molecule has 2 bridgehead atoms. The number of esters is 1. The van der Waals surface area contributed by atoms with Crippen molar-refractivity contribution < 1.29 is 19.0 Å². The molecule has 0 radical (unpaired) electrons. The standard InChI is InChI=1S/C11H16O4/c1-7(2)5-10(12)15-9-4-3-8-6-13-11(9)14-8/h3-4,7-9,11H,5-6H2,1-2H3/t8-,9-,11+/m0/s1. The van der Waals surface area contributed by atoms with Gasteiger partial charge in [-0.15, -0.1) is 0 Å². The van der Waals surface area contributed by atoms with Crippen LogP contribution in [0, 0.1) is 5.92 Å². The van der Waals surface area contributed by atoms with Crippen LogP contribution in [0.3, 0.4) is 0 Å². The van der Waals surface area contributed by atoms with E-state index in [1.165, 1.54) is 0 Å². The summed E-state index contributed by atoms with van der Waals surface area (Å²) in [6.07, 6.45) is 3.42. The monoisotopic (exact) mass is 212 g/mol. The van der Waals surface area contributed by atoms with Gasteiger partial charge in [0.15, 0.2) is 12.4 Å². The Kier molecular flexibility index (Phi) is 3.07. The molecule has 1 saturated heterocycles. The number of carbonyl (C=O) groups is 1. The SMILES string of the molecule is CC(C)CC(=O)O[C@H]1C=C[C@H]2CO[C@@H]1O2. The van der Waals surface area contributed by atoms with E-state index < -0.39 is 6.29 Å². The first-order valence-corrected chi connectivity index (χ1v) is 5.30. The summed E-state index contributed by atoms with van der Waals surface area (Å²) in [5.41, 5.74) is 0. The summed E-state index contributed by atoms with van der Waals surface area (Å²) in [4.78, 5) is 11.4. The van der Waals surface area contributed by atoms with Crippen LogP contribution in [0.2, 0.25) is 0 Å². The summed E-state index contributed by atoms with van der Waals surface area (Å²) >= 11 is 0. The number of carbonyl (C=O) groups excluding carboxylic acids is 1. The predicted octanol–water partition coefficient (Wildman–Crippen LogP) is 1.26. The van der Waals surface area contributed by atoms with Crippen LogP contribution in [0.1, 0.15) is 20.3 Å². The highest BCUT2D eigenvalue weighted by molar-refractivity contribution is 5.70. The van der Waals surface area contributed by atoms with E-state index in [9.17, 15) is 4.79 Å². The summed E-state index contributed by atoms with van der Waals surface area (Å²) in [6.45, 7) is 4.52. The van der Waals surface area contributed by atoms with E-state index in [2.05, 4.69) is 0 Å². The van der Waals surface area contributed by atoms with Crippen LogP contribution in [0.15, 0.2) is 12.2 Å². The lowest BCUT2D eigenvalue weighted by Gasteiger charge is -2.23. The van der Waals surface area contributed by atoms with Crippen LogP contribution in [0.5, 0.6) is 0 Å². The molecule has 0 spiro atoms. The van der Waals surface area contributed by atoms with Crippen LogP contribution in [-0.2, 0) is 19.0 Å². The van der Waals surface area contributed by atoms with Gasteiger partial charge in [0.05, 0.1) is 6.61 Å². The van der Waals surface area contributed by atoms with Crippen molar-refractivity contribution in [1.82, 2.24) is 0 Å². The third-order valence-electron chi connectivity index (χ3n) is 2.36. The van der Waals surface area contributed by atoms with Crippen molar-refractivity contribution in [2.75, 3.05) is 6.61 Å².